The second-order valence-corrected chi connectivity index (χ2v) is 2.45. The predicted octanol–water partition coefficient (Wildman–Crippen LogP) is 0.533. The summed E-state index contributed by atoms with van der Waals surface area (Å²) >= 11 is 0.854. The van der Waals surface area contributed by atoms with E-state index in [2.05, 4.69) is 8.75 Å². The van der Waals surface area contributed by atoms with Crippen molar-refractivity contribution >= 4 is 17.6 Å². The number of amides is 1. The molecule has 1 amide bonds. The molecule has 0 fully saturated rings. The molecule has 0 saturated carbocycles. The molecule has 0 aliphatic rings. The summed E-state index contributed by atoms with van der Waals surface area (Å²) in [7, 11) is 0. The van der Waals surface area contributed by atoms with E-state index in [1.807, 2.05) is 5.32 Å². The standard InChI is InChI=1S/C5H5F2N3OS/c6-4(7)2-8-5(11)3-1-9-12-10-3/h1,4H,2H2,(H,8,11). The Morgan fingerprint density at radius 3 is 3.00 bits per heavy atom. The van der Waals surface area contributed by atoms with Gasteiger partial charge >= 0.3 is 0 Å². The Balaban J connectivity index is 2.40. The number of carbonyl (C=O) groups is 1. The van der Waals surface area contributed by atoms with Crippen molar-refractivity contribution in [1.29, 1.82) is 0 Å². The topological polar surface area (TPSA) is 54.9 Å². The van der Waals surface area contributed by atoms with Gasteiger partial charge in [-0.3, -0.25) is 4.79 Å². The van der Waals surface area contributed by atoms with Crippen molar-refractivity contribution in [2.75, 3.05) is 6.54 Å². The SMILES string of the molecule is O=C(NCC(F)F)c1cnsn1. The maximum absolute atomic E-state index is 11.6. The lowest BCUT2D eigenvalue weighted by atomic mass is 10.4. The number of carbonyl (C=O) groups excluding carboxylic acids is 1. The maximum atomic E-state index is 11.6. The summed E-state index contributed by atoms with van der Waals surface area (Å²) in [6.07, 6.45) is -1.31. The Labute approximate surface area is 70.9 Å². The van der Waals surface area contributed by atoms with Gasteiger partial charge in [-0.1, -0.05) is 0 Å². The summed E-state index contributed by atoms with van der Waals surface area (Å²) in [6.45, 7) is -0.656. The number of hydrogen-bond acceptors (Lipinski definition) is 4. The van der Waals surface area contributed by atoms with Gasteiger partial charge in [-0.15, -0.1) is 0 Å². The predicted molar refractivity (Wildman–Crippen MR) is 38.2 cm³/mol. The molecule has 0 spiro atoms. The molecule has 0 aromatic carbocycles. The van der Waals surface area contributed by atoms with Gasteiger partial charge in [-0.25, -0.2) is 8.78 Å². The summed E-state index contributed by atoms with van der Waals surface area (Å²) in [6, 6.07) is 0. The van der Waals surface area contributed by atoms with Gasteiger partial charge in [0.05, 0.1) is 24.5 Å². The largest absolute Gasteiger partial charge is 0.345 e. The summed E-state index contributed by atoms with van der Waals surface area (Å²) in [5.74, 6) is -0.621. The smallest absolute Gasteiger partial charge is 0.272 e. The van der Waals surface area contributed by atoms with Crippen LogP contribution in [0, 0.1) is 0 Å². The lowest BCUT2D eigenvalue weighted by Gasteiger charge is -1.99. The molecule has 0 unspecified atom stereocenters. The minimum absolute atomic E-state index is 0.0700. The Kier molecular flexibility index (Phi) is 3.03. The molecule has 0 radical (unpaired) electrons. The highest BCUT2D eigenvalue weighted by Crippen LogP contribution is 1.95. The molecule has 66 valence electrons. The summed E-state index contributed by atoms with van der Waals surface area (Å²) in [5.41, 5.74) is 0.0700. The fraction of sp³-hybridized carbons (Fsp3) is 0.400. The number of alkyl halides is 2. The molecule has 4 nitrogen and oxygen atoms in total. The van der Waals surface area contributed by atoms with E-state index in [-0.39, 0.29) is 5.69 Å². The van der Waals surface area contributed by atoms with Crippen LogP contribution in [0.15, 0.2) is 6.20 Å². The van der Waals surface area contributed by atoms with Crippen molar-refractivity contribution in [1.82, 2.24) is 14.1 Å². The number of rotatable bonds is 3. The molecule has 1 aromatic rings. The fourth-order valence-electron chi connectivity index (χ4n) is 0.525. The normalized spacial score (nSPS) is 10.2. The zero-order valence-electron chi connectivity index (χ0n) is 5.83. The third-order valence-corrected chi connectivity index (χ3v) is 1.49. The van der Waals surface area contributed by atoms with E-state index in [1.54, 1.807) is 0 Å². The van der Waals surface area contributed by atoms with E-state index in [0.717, 1.165) is 11.7 Å². The lowest BCUT2D eigenvalue weighted by Crippen LogP contribution is -2.28. The average molecular weight is 193 g/mol. The Morgan fingerprint density at radius 2 is 2.50 bits per heavy atom. The quantitative estimate of drug-likeness (QED) is 0.761. The van der Waals surface area contributed by atoms with Crippen LogP contribution in [0.25, 0.3) is 0 Å². The van der Waals surface area contributed by atoms with Gasteiger partial charge in [-0.2, -0.15) is 8.75 Å². The van der Waals surface area contributed by atoms with Gasteiger partial charge in [0.1, 0.15) is 0 Å². The van der Waals surface area contributed by atoms with E-state index in [1.165, 1.54) is 6.20 Å². The van der Waals surface area contributed by atoms with Crippen LogP contribution in [0.5, 0.6) is 0 Å². The van der Waals surface area contributed by atoms with Crippen LogP contribution >= 0.6 is 11.7 Å². The van der Waals surface area contributed by atoms with E-state index < -0.39 is 18.9 Å². The Morgan fingerprint density at radius 1 is 1.75 bits per heavy atom. The first-order valence-electron chi connectivity index (χ1n) is 3.04. The van der Waals surface area contributed by atoms with Gasteiger partial charge < -0.3 is 5.32 Å². The van der Waals surface area contributed by atoms with Gasteiger partial charge in [0, 0.05) is 0 Å². The highest BCUT2D eigenvalue weighted by molar-refractivity contribution is 6.99. The third-order valence-electron chi connectivity index (χ3n) is 1.01. The third kappa shape index (κ3) is 2.50. The van der Waals surface area contributed by atoms with Crippen molar-refractivity contribution in [3.63, 3.8) is 0 Å². The summed E-state index contributed by atoms with van der Waals surface area (Å²) in [5, 5.41) is 2.00. The van der Waals surface area contributed by atoms with Gasteiger partial charge in [0.15, 0.2) is 5.69 Å². The zero-order valence-corrected chi connectivity index (χ0v) is 6.65. The molecule has 0 bridgehead atoms. The van der Waals surface area contributed by atoms with Crippen molar-refractivity contribution in [2.24, 2.45) is 0 Å². The average Bonchev–Trinajstić information content (AvgIpc) is 2.51. The molecule has 12 heavy (non-hydrogen) atoms. The number of aromatic nitrogens is 2. The van der Waals surface area contributed by atoms with Crippen LogP contribution in [0.2, 0.25) is 0 Å². The molecule has 0 aliphatic heterocycles. The molecule has 1 aromatic heterocycles. The molecular formula is C5H5F2N3OS. The molecule has 1 N–H and O–H groups in total. The first kappa shape index (κ1) is 8.98. The Hall–Kier alpha value is -1.11. The highest BCUT2D eigenvalue weighted by atomic mass is 32.1. The van der Waals surface area contributed by atoms with E-state index in [9.17, 15) is 13.6 Å². The van der Waals surface area contributed by atoms with Gasteiger partial charge in [-0.05, 0) is 0 Å². The molecule has 7 heteroatoms. The highest BCUT2D eigenvalue weighted by Gasteiger charge is 2.10. The van der Waals surface area contributed by atoms with Crippen molar-refractivity contribution in [3.05, 3.63) is 11.9 Å². The number of nitrogens with one attached hydrogen (secondary N) is 1. The van der Waals surface area contributed by atoms with Crippen LogP contribution in [0.1, 0.15) is 10.5 Å². The minimum Gasteiger partial charge on any atom is -0.345 e. The van der Waals surface area contributed by atoms with E-state index >= 15 is 0 Å². The molecular weight excluding hydrogens is 188 g/mol. The molecule has 0 aliphatic carbocycles. The number of nitrogens with zero attached hydrogens (tertiary/aromatic N) is 2. The van der Waals surface area contributed by atoms with E-state index in [4.69, 9.17) is 0 Å². The van der Waals surface area contributed by atoms with Crippen LogP contribution in [0.4, 0.5) is 8.78 Å². The van der Waals surface area contributed by atoms with Crippen molar-refractivity contribution in [2.45, 2.75) is 6.43 Å². The zero-order chi connectivity index (χ0) is 8.97. The number of hydrogen-bond donors (Lipinski definition) is 1. The Bertz CT molecular complexity index is 251. The monoisotopic (exact) mass is 193 g/mol. The second kappa shape index (κ2) is 4.05. The fourth-order valence-corrected chi connectivity index (χ4v) is 0.937. The van der Waals surface area contributed by atoms with Crippen LogP contribution in [-0.2, 0) is 0 Å². The molecule has 0 saturated heterocycles. The molecule has 1 rings (SSSR count). The second-order valence-electron chi connectivity index (χ2n) is 1.89. The van der Waals surface area contributed by atoms with Crippen LogP contribution < -0.4 is 5.32 Å². The minimum atomic E-state index is -2.54. The van der Waals surface area contributed by atoms with Gasteiger partial charge in [0.25, 0.3) is 12.3 Å². The van der Waals surface area contributed by atoms with Crippen molar-refractivity contribution < 1.29 is 13.6 Å². The van der Waals surface area contributed by atoms with Crippen LogP contribution in [-0.4, -0.2) is 27.6 Å². The maximum Gasteiger partial charge on any atom is 0.272 e. The molecule has 1 heterocycles. The van der Waals surface area contributed by atoms with Crippen LogP contribution in [0.3, 0.4) is 0 Å². The summed E-state index contributed by atoms with van der Waals surface area (Å²) in [4.78, 5) is 10.9. The lowest BCUT2D eigenvalue weighted by molar-refractivity contribution is 0.0888. The first-order chi connectivity index (χ1) is 5.70. The first-order valence-corrected chi connectivity index (χ1v) is 3.77. The van der Waals surface area contributed by atoms with Gasteiger partial charge in [0.2, 0.25) is 0 Å². The van der Waals surface area contributed by atoms with E-state index in [0.29, 0.717) is 0 Å². The van der Waals surface area contributed by atoms with Crippen molar-refractivity contribution in [3.8, 4) is 0 Å². The summed E-state index contributed by atoms with van der Waals surface area (Å²) < 4.78 is 30.3. The molecule has 0 atom stereocenters. The number of halogens is 2.